The highest BCUT2D eigenvalue weighted by atomic mass is 16.1. The summed E-state index contributed by atoms with van der Waals surface area (Å²) >= 11 is 0. The second kappa shape index (κ2) is 7.28. The number of carbonyl (C=O) groups is 1. The van der Waals surface area contributed by atoms with Crippen molar-refractivity contribution in [1.82, 2.24) is 20.1 Å². The molecule has 2 N–H and O–H groups in total. The van der Waals surface area contributed by atoms with Gasteiger partial charge in [0.15, 0.2) is 0 Å². The van der Waals surface area contributed by atoms with Crippen molar-refractivity contribution in [2.45, 2.75) is 19.9 Å². The van der Waals surface area contributed by atoms with Gasteiger partial charge in [0.2, 0.25) is 0 Å². The molecule has 0 spiro atoms. The SMILES string of the molecule is CCCNc1cccc(C(=O)NCCn2cccn2)n1. The summed E-state index contributed by atoms with van der Waals surface area (Å²) in [6.45, 7) is 4.09. The van der Waals surface area contributed by atoms with Crippen LogP contribution in [-0.2, 0) is 6.54 Å². The Bertz CT molecular complexity index is 538. The maximum Gasteiger partial charge on any atom is 0.270 e. The summed E-state index contributed by atoms with van der Waals surface area (Å²) in [7, 11) is 0. The Labute approximate surface area is 118 Å². The summed E-state index contributed by atoms with van der Waals surface area (Å²) in [4.78, 5) is 16.2. The summed E-state index contributed by atoms with van der Waals surface area (Å²) in [5.41, 5.74) is 0.423. The first kappa shape index (κ1) is 14.0. The van der Waals surface area contributed by atoms with Crippen molar-refractivity contribution in [3.05, 3.63) is 42.4 Å². The fourth-order valence-corrected chi connectivity index (χ4v) is 1.72. The highest BCUT2D eigenvalue weighted by Gasteiger charge is 2.07. The van der Waals surface area contributed by atoms with Gasteiger partial charge in [-0.25, -0.2) is 4.98 Å². The summed E-state index contributed by atoms with van der Waals surface area (Å²) < 4.78 is 1.77. The lowest BCUT2D eigenvalue weighted by Gasteiger charge is -2.07. The molecule has 0 aliphatic heterocycles. The first-order valence-corrected chi connectivity index (χ1v) is 6.76. The average molecular weight is 273 g/mol. The first-order chi connectivity index (χ1) is 9.79. The monoisotopic (exact) mass is 273 g/mol. The standard InChI is InChI=1S/C14H19N5O/c1-2-7-15-13-6-3-5-12(18-13)14(20)16-9-11-19-10-4-8-17-19/h3-6,8,10H,2,7,9,11H2,1H3,(H,15,18)(H,16,20). The van der Waals surface area contributed by atoms with Crippen LogP contribution < -0.4 is 10.6 Å². The molecule has 2 aromatic rings. The largest absolute Gasteiger partial charge is 0.370 e. The van der Waals surface area contributed by atoms with E-state index in [-0.39, 0.29) is 5.91 Å². The highest BCUT2D eigenvalue weighted by Crippen LogP contribution is 2.04. The molecule has 2 rings (SSSR count). The lowest BCUT2D eigenvalue weighted by atomic mass is 10.3. The zero-order valence-electron chi connectivity index (χ0n) is 11.5. The van der Waals surface area contributed by atoms with Gasteiger partial charge >= 0.3 is 0 Å². The molecule has 106 valence electrons. The van der Waals surface area contributed by atoms with E-state index in [2.05, 4.69) is 27.6 Å². The number of aromatic nitrogens is 3. The van der Waals surface area contributed by atoms with E-state index in [0.29, 0.717) is 18.8 Å². The third-order valence-electron chi connectivity index (χ3n) is 2.72. The molecule has 0 saturated carbocycles. The fraction of sp³-hybridized carbons (Fsp3) is 0.357. The van der Waals surface area contributed by atoms with Crippen molar-refractivity contribution in [3.63, 3.8) is 0 Å². The molecule has 2 aromatic heterocycles. The quantitative estimate of drug-likeness (QED) is 0.802. The second-order valence-corrected chi connectivity index (χ2v) is 4.36. The molecule has 0 unspecified atom stereocenters. The zero-order chi connectivity index (χ0) is 14.2. The molecule has 2 heterocycles. The Hall–Kier alpha value is -2.37. The van der Waals surface area contributed by atoms with E-state index in [1.807, 2.05) is 24.4 Å². The minimum Gasteiger partial charge on any atom is -0.370 e. The number of anilines is 1. The van der Waals surface area contributed by atoms with Gasteiger partial charge in [0.05, 0.1) is 6.54 Å². The van der Waals surface area contributed by atoms with Crippen LogP contribution in [-0.4, -0.2) is 33.8 Å². The molecular weight excluding hydrogens is 254 g/mol. The van der Waals surface area contributed by atoms with Crippen LogP contribution in [0.3, 0.4) is 0 Å². The molecular formula is C14H19N5O. The molecule has 6 heteroatoms. The number of hydrogen-bond acceptors (Lipinski definition) is 4. The topological polar surface area (TPSA) is 71.8 Å². The van der Waals surface area contributed by atoms with Crippen molar-refractivity contribution < 1.29 is 4.79 Å². The molecule has 0 atom stereocenters. The Kier molecular flexibility index (Phi) is 5.11. The second-order valence-electron chi connectivity index (χ2n) is 4.36. The molecule has 0 aliphatic carbocycles. The van der Waals surface area contributed by atoms with Gasteiger partial charge in [0, 0.05) is 25.5 Å². The zero-order valence-corrected chi connectivity index (χ0v) is 11.5. The molecule has 0 aromatic carbocycles. The molecule has 20 heavy (non-hydrogen) atoms. The van der Waals surface area contributed by atoms with Crippen LogP contribution in [0.5, 0.6) is 0 Å². The summed E-state index contributed by atoms with van der Waals surface area (Å²) in [5, 5.41) is 10.1. The normalized spacial score (nSPS) is 10.2. The van der Waals surface area contributed by atoms with Crippen molar-refractivity contribution in [2.75, 3.05) is 18.4 Å². The Morgan fingerprint density at radius 1 is 1.30 bits per heavy atom. The number of nitrogens with one attached hydrogen (secondary N) is 2. The maximum absolute atomic E-state index is 12.0. The predicted octanol–water partition coefficient (Wildman–Crippen LogP) is 1.53. The Balaban J connectivity index is 1.85. The van der Waals surface area contributed by atoms with Crippen molar-refractivity contribution in [1.29, 1.82) is 0 Å². The van der Waals surface area contributed by atoms with Crippen LogP contribution >= 0.6 is 0 Å². The highest BCUT2D eigenvalue weighted by molar-refractivity contribution is 5.92. The van der Waals surface area contributed by atoms with Crippen LogP contribution in [0.2, 0.25) is 0 Å². The molecule has 0 fully saturated rings. The van der Waals surface area contributed by atoms with Crippen molar-refractivity contribution >= 4 is 11.7 Å². The van der Waals surface area contributed by atoms with Gasteiger partial charge < -0.3 is 10.6 Å². The van der Waals surface area contributed by atoms with E-state index >= 15 is 0 Å². The van der Waals surface area contributed by atoms with E-state index in [4.69, 9.17) is 0 Å². The third kappa shape index (κ3) is 4.08. The summed E-state index contributed by atoms with van der Waals surface area (Å²) in [6.07, 6.45) is 4.59. The molecule has 0 radical (unpaired) electrons. The number of hydrogen-bond donors (Lipinski definition) is 2. The lowest BCUT2D eigenvalue weighted by Crippen LogP contribution is -2.28. The smallest absolute Gasteiger partial charge is 0.270 e. The van der Waals surface area contributed by atoms with Gasteiger partial charge in [0.25, 0.3) is 5.91 Å². The number of nitrogens with zero attached hydrogens (tertiary/aromatic N) is 3. The average Bonchev–Trinajstić information content (AvgIpc) is 2.98. The first-order valence-electron chi connectivity index (χ1n) is 6.76. The summed E-state index contributed by atoms with van der Waals surface area (Å²) in [6, 6.07) is 7.25. The Morgan fingerprint density at radius 2 is 2.20 bits per heavy atom. The predicted molar refractivity (Wildman–Crippen MR) is 77.6 cm³/mol. The third-order valence-corrected chi connectivity index (χ3v) is 2.72. The van der Waals surface area contributed by atoms with E-state index in [0.717, 1.165) is 18.8 Å². The van der Waals surface area contributed by atoms with Crippen molar-refractivity contribution in [3.8, 4) is 0 Å². The van der Waals surface area contributed by atoms with E-state index < -0.39 is 0 Å². The van der Waals surface area contributed by atoms with E-state index in [1.54, 1.807) is 16.9 Å². The van der Waals surface area contributed by atoms with E-state index in [9.17, 15) is 4.79 Å². The van der Waals surface area contributed by atoms with Crippen molar-refractivity contribution in [2.24, 2.45) is 0 Å². The number of rotatable bonds is 7. The van der Waals surface area contributed by atoms with Gasteiger partial charge in [-0.15, -0.1) is 0 Å². The minimum absolute atomic E-state index is 0.169. The molecule has 0 bridgehead atoms. The molecule has 6 nitrogen and oxygen atoms in total. The van der Waals surface area contributed by atoms with Gasteiger partial charge in [-0.05, 0) is 24.6 Å². The molecule has 1 amide bonds. The van der Waals surface area contributed by atoms with Gasteiger partial charge in [0.1, 0.15) is 11.5 Å². The van der Waals surface area contributed by atoms with Gasteiger partial charge in [-0.3, -0.25) is 9.48 Å². The van der Waals surface area contributed by atoms with Crippen LogP contribution in [0.1, 0.15) is 23.8 Å². The van der Waals surface area contributed by atoms with Gasteiger partial charge in [-0.1, -0.05) is 13.0 Å². The van der Waals surface area contributed by atoms with Crippen LogP contribution in [0.25, 0.3) is 0 Å². The minimum atomic E-state index is -0.169. The summed E-state index contributed by atoms with van der Waals surface area (Å²) in [5.74, 6) is 0.559. The van der Waals surface area contributed by atoms with Crippen LogP contribution in [0, 0.1) is 0 Å². The lowest BCUT2D eigenvalue weighted by molar-refractivity contribution is 0.0947. The van der Waals surface area contributed by atoms with Crippen LogP contribution in [0.15, 0.2) is 36.7 Å². The number of pyridine rings is 1. The Morgan fingerprint density at radius 3 is 2.95 bits per heavy atom. The number of amides is 1. The number of carbonyl (C=O) groups excluding carboxylic acids is 1. The van der Waals surface area contributed by atoms with Crippen LogP contribution in [0.4, 0.5) is 5.82 Å². The molecule has 0 aliphatic rings. The fourth-order valence-electron chi connectivity index (χ4n) is 1.72. The molecule has 0 saturated heterocycles. The van der Waals surface area contributed by atoms with E-state index in [1.165, 1.54) is 0 Å². The van der Waals surface area contributed by atoms with Gasteiger partial charge in [-0.2, -0.15) is 5.10 Å². The maximum atomic E-state index is 12.0.